The predicted octanol–water partition coefficient (Wildman–Crippen LogP) is 32.5. The number of halogens is 56. The molecule has 0 aliphatic carbocycles. The van der Waals surface area contributed by atoms with Gasteiger partial charge < -0.3 is 20.4 Å². The van der Waals surface area contributed by atoms with Crippen molar-refractivity contribution in [1.82, 2.24) is 0 Å². The third-order valence-corrected chi connectivity index (χ3v) is 21.2. The Balaban J connectivity index is 0.000000279. The number of phenols is 4. The van der Waals surface area contributed by atoms with Crippen molar-refractivity contribution in [2.24, 2.45) is 0 Å². The fourth-order valence-corrected chi connectivity index (χ4v) is 11.9. The lowest BCUT2D eigenvalue weighted by atomic mass is 10.0. The molecular formula is C72H8Br4Cl4F48O4S4. The van der Waals surface area contributed by atoms with Gasteiger partial charge in [0.05, 0.1) is 82.0 Å². The van der Waals surface area contributed by atoms with Crippen LogP contribution in [-0.4, -0.2) is 20.4 Å². The molecule has 0 heterocycles. The highest BCUT2D eigenvalue weighted by Crippen LogP contribution is 2.48. The molecule has 12 rings (SSSR count). The Hall–Kier alpha value is -9.04. The average Bonchev–Trinajstić information content (AvgIpc) is 0.757. The van der Waals surface area contributed by atoms with Gasteiger partial charge in [0.1, 0.15) is 20.1 Å². The first-order valence-electron chi connectivity index (χ1n) is 31.4. The van der Waals surface area contributed by atoms with Crippen LogP contribution in [0.15, 0.2) is 37.5 Å². The van der Waals surface area contributed by atoms with Gasteiger partial charge in [0.15, 0.2) is 256 Å². The van der Waals surface area contributed by atoms with Crippen LogP contribution in [0.2, 0.25) is 20.1 Å². The first kappa shape index (κ1) is 117. The van der Waals surface area contributed by atoms with Gasteiger partial charge in [-0.25, -0.2) is 176 Å². The van der Waals surface area contributed by atoms with E-state index in [9.17, 15) is 211 Å². The Morgan fingerprint density at radius 3 is 0.324 bits per heavy atom. The minimum atomic E-state index is -2.49. The SMILES string of the molecule is Fc1c(F)c(-c2c(F)c(F)c(Br)c(F)c2F)c(F)c(F)c1Br.Fc1c(F)c(-c2c(F)c(F)c(Cl)c(F)c2F)c(F)c(F)c1Cl.Fc1c(F)c(-c2c(F)c(F)c(S)c(F)c2F)c(F)c(F)c1S.Fc1c(F)c(Br)c(F)c(F)c1Br.Fc1c(F)c(Cl)c(F)c(F)c1Cl.Fc1c(F)c(S)c(F)c(F)c1S.Oc1c(F)c(F)c(-c2c(F)c(F)c(O)c(F)c2F)c(F)c1F.Oc1c(F)c(F)c(O)c(F)c1F. The summed E-state index contributed by atoms with van der Waals surface area (Å²) in [4.78, 5) is -4.76. The minimum Gasteiger partial charge on any atom is -0.503 e. The van der Waals surface area contributed by atoms with Crippen LogP contribution in [0.1, 0.15) is 0 Å². The molecular weight excluding hydrogens is 2430 g/mol. The summed E-state index contributed by atoms with van der Waals surface area (Å²) in [5, 5.41) is 28.4. The normalized spacial score (nSPS) is 10.9. The van der Waals surface area contributed by atoms with Crippen molar-refractivity contribution in [3.05, 3.63) is 317 Å². The van der Waals surface area contributed by atoms with Gasteiger partial charge in [0, 0.05) is 0 Å². The lowest BCUT2D eigenvalue weighted by Crippen LogP contribution is -2.07. The van der Waals surface area contributed by atoms with E-state index in [0.29, 0.717) is 0 Å². The zero-order valence-corrected chi connectivity index (χ0v) is 73.7. The van der Waals surface area contributed by atoms with Crippen LogP contribution in [0.25, 0.3) is 44.5 Å². The van der Waals surface area contributed by atoms with E-state index in [1.807, 2.05) is 0 Å². The first-order valence-corrected chi connectivity index (χ1v) is 37.8. The number of hydrogen-bond acceptors (Lipinski definition) is 8. The summed E-state index contributed by atoms with van der Waals surface area (Å²) < 4.78 is 626. The van der Waals surface area contributed by atoms with Crippen LogP contribution in [0.4, 0.5) is 211 Å². The summed E-state index contributed by atoms with van der Waals surface area (Å²) in [6.45, 7) is 0. The maximum Gasteiger partial charge on any atom is 0.207 e. The van der Waals surface area contributed by atoms with Crippen molar-refractivity contribution >= 4 is 161 Å². The summed E-state index contributed by atoms with van der Waals surface area (Å²) >= 11 is 41.5. The third kappa shape index (κ3) is 22.1. The van der Waals surface area contributed by atoms with Crippen molar-refractivity contribution in [2.75, 3.05) is 0 Å². The standard InChI is InChI=1S/C12Br2F8.C12Cl2F8.C12H2F8O2.C12H2F8S2.C6Br2F4.C6Cl2F4.C6H2F4O2.C6H2F4S2/c2*13-3-9(19)5(15)1(6(16)10(3)20)2-7(17)11(21)4(14)12(22)8(2)18;2*13-3-1(4(14)8(18)11(21)7(3)17)2-5(15)9(19)12(22)10(20)6(2)16;2*7-1-3(9)5(11)2(8)6(12)4(1)10;2*7-1-2(8)6(12)4(10)3(9)5(1)11/h;;2*21-22H;;;2*11-12H. The maximum absolute atomic E-state index is 13.7. The minimum absolute atomic E-state index is 0.847. The molecule has 12 aromatic rings. The Kier molecular flexibility index (Phi) is 39.7. The molecule has 0 spiro atoms. The molecule has 0 radical (unpaired) electrons. The highest BCUT2D eigenvalue weighted by molar-refractivity contribution is 9.11. The van der Waals surface area contributed by atoms with Gasteiger partial charge in [0.25, 0.3) is 0 Å². The smallest absolute Gasteiger partial charge is 0.207 e. The number of thiol groups is 4. The fourth-order valence-electron chi connectivity index (χ4n) is 9.03. The van der Waals surface area contributed by atoms with Gasteiger partial charge in [-0.2, -0.15) is 35.1 Å². The van der Waals surface area contributed by atoms with Crippen molar-refractivity contribution in [3.8, 4) is 67.5 Å². The molecule has 0 fully saturated rings. The van der Waals surface area contributed by atoms with Gasteiger partial charge in [-0.05, 0) is 63.7 Å². The number of benzene rings is 12. The number of phenolic OH excluding ortho intramolecular Hbond substituents is 4. The lowest BCUT2D eigenvalue weighted by molar-refractivity contribution is 0.319. The van der Waals surface area contributed by atoms with E-state index < -0.39 is 404 Å². The van der Waals surface area contributed by atoms with Crippen LogP contribution in [0.5, 0.6) is 23.0 Å². The largest absolute Gasteiger partial charge is 0.503 e. The van der Waals surface area contributed by atoms with Gasteiger partial charge in [-0.1, -0.05) is 46.4 Å². The molecule has 0 aliphatic heterocycles. The Morgan fingerprint density at radius 2 is 0.199 bits per heavy atom. The highest BCUT2D eigenvalue weighted by atomic mass is 79.9. The van der Waals surface area contributed by atoms with Crippen LogP contribution in [0.3, 0.4) is 0 Å². The quantitative estimate of drug-likeness (QED) is 0.0297. The number of hydrogen-bond donors (Lipinski definition) is 8. The third-order valence-electron chi connectivity index (χ3n) is 15.5. The number of rotatable bonds is 4. The van der Waals surface area contributed by atoms with E-state index in [0.717, 1.165) is 0 Å². The molecule has 0 atom stereocenters. The Morgan fingerprint density at radius 1 is 0.125 bits per heavy atom. The molecule has 0 unspecified atom stereocenters. The van der Waals surface area contributed by atoms with Crippen LogP contribution >= 0.6 is 161 Å². The zero-order chi connectivity index (χ0) is 106. The highest BCUT2D eigenvalue weighted by Gasteiger charge is 2.40. The molecule has 736 valence electrons. The molecule has 4 N–H and O–H groups in total. The van der Waals surface area contributed by atoms with E-state index in [1.54, 1.807) is 0 Å². The molecule has 136 heavy (non-hydrogen) atoms. The first-order chi connectivity index (χ1) is 62.3. The Bertz CT molecular complexity index is 5220. The molecule has 0 saturated carbocycles. The molecule has 0 bridgehead atoms. The van der Waals surface area contributed by atoms with Gasteiger partial charge in [-0.15, -0.1) is 50.5 Å². The van der Waals surface area contributed by atoms with Crippen molar-refractivity contribution in [3.63, 3.8) is 0 Å². The van der Waals surface area contributed by atoms with Crippen molar-refractivity contribution in [2.45, 2.75) is 19.6 Å². The summed E-state index contributed by atoms with van der Waals surface area (Å²) in [5.74, 6) is -107. The average molecular weight is 2440 g/mol. The zero-order valence-electron chi connectivity index (χ0n) is 60.7. The topological polar surface area (TPSA) is 80.9 Å². The molecule has 64 heteroatoms. The van der Waals surface area contributed by atoms with E-state index in [-0.39, 0.29) is 0 Å². The van der Waals surface area contributed by atoms with Crippen molar-refractivity contribution in [1.29, 1.82) is 0 Å². The predicted molar refractivity (Wildman–Crippen MR) is 398 cm³/mol. The molecule has 0 aromatic heterocycles. The monoisotopic (exact) mass is 2430 g/mol. The summed E-state index contributed by atoms with van der Waals surface area (Å²) in [6.07, 6.45) is 0. The summed E-state index contributed by atoms with van der Waals surface area (Å²) in [5.41, 5.74) is -15.9. The second kappa shape index (κ2) is 45.9. The van der Waals surface area contributed by atoms with Gasteiger partial charge in [-0.3, -0.25) is 0 Å². The van der Waals surface area contributed by atoms with Gasteiger partial charge in [0.2, 0.25) is 46.5 Å². The van der Waals surface area contributed by atoms with E-state index in [1.165, 1.54) is 0 Å². The van der Waals surface area contributed by atoms with E-state index >= 15 is 0 Å². The molecule has 0 saturated heterocycles. The van der Waals surface area contributed by atoms with E-state index in [4.69, 9.17) is 66.8 Å². The molecule has 0 amide bonds. The Labute approximate surface area is 791 Å². The lowest BCUT2D eigenvalue weighted by Gasteiger charge is -2.13. The summed E-state index contributed by atoms with van der Waals surface area (Å²) in [7, 11) is 0. The van der Waals surface area contributed by atoms with Crippen LogP contribution < -0.4 is 0 Å². The number of aromatic hydroxyl groups is 4. The van der Waals surface area contributed by atoms with Crippen LogP contribution in [0, 0.1) is 279 Å². The van der Waals surface area contributed by atoms with Crippen molar-refractivity contribution < 1.29 is 231 Å². The van der Waals surface area contributed by atoms with E-state index in [2.05, 4.69) is 114 Å². The van der Waals surface area contributed by atoms with Gasteiger partial charge >= 0.3 is 0 Å². The molecule has 4 nitrogen and oxygen atoms in total. The maximum atomic E-state index is 13.7. The molecule has 12 aromatic carbocycles. The van der Waals surface area contributed by atoms with Crippen LogP contribution in [-0.2, 0) is 0 Å². The molecule has 0 aliphatic rings. The second-order valence-electron chi connectivity index (χ2n) is 23.4. The second-order valence-corrected chi connectivity index (χ2v) is 29.8. The fraction of sp³-hybridized carbons (Fsp3) is 0. The summed E-state index contributed by atoms with van der Waals surface area (Å²) in [6, 6.07) is 0.